The molecule has 1 amide bonds. The second-order valence-electron chi connectivity index (χ2n) is 4.33. The van der Waals surface area contributed by atoms with E-state index in [-0.39, 0.29) is 12.5 Å². The highest BCUT2D eigenvalue weighted by Crippen LogP contribution is 2.21. The summed E-state index contributed by atoms with van der Waals surface area (Å²) in [5.41, 5.74) is 6.60. The van der Waals surface area contributed by atoms with Crippen LogP contribution in [0.4, 0.5) is 5.69 Å². The van der Waals surface area contributed by atoms with Gasteiger partial charge in [0.05, 0.1) is 18.3 Å². The van der Waals surface area contributed by atoms with Crippen molar-refractivity contribution in [1.29, 1.82) is 0 Å². The third kappa shape index (κ3) is 3.01. The Balaban J connectivity index is 2.24. The van der Waals surface area contributed by atoms with Gasteiger partial charge in [0, 0.05) is 12.2 Å². The summed E-state index contributed by atoms with van der Waals surface area (Å²) in [5, 5.41) is 22.3. The summed E-state index contributed by atoms with van der Waals surface area (Å²) in [6, 6.07) is 11.1. The summed E-state index contributed by atoms with van der Waals surface area (Å²) in [6.07, 6.45) is -0.967. The van der Waals surface area contributed by atoms with Gasteiger partial charge in [-0.2, -0.15) is 0 Å². The summed E-state index contributed by atoms with van der Waals surface area (Å²) in [4.78, 5) is 11.9. The molecule has 19 heavy (non-hydrogen) atoms. The molecule has 5 nitrogen and oxygen atoms in total. The van der Waals surface area contributed by atoms with Crippen LogP contribution in [0, 0.1) is 0 Å². The fourth-order valence-corrected chi connectivity index (χ4v) is 1.82. The summed E-state index contributed by atoms with van der Waals surface area (Å²) in [6.45, 7) is -0.408. The molecule has 2 aromatic rings. The SMILES string of the molecule is Nc1cc2ccccc2cc1C(=O)NCC(O)CO. The van der Waals surface area contributed by atoms with E-state index in [2.05, 4.69) is 5.32 Å². The molecule has 0 aliphatic carbocycles. The van der Waals surface area contributed by atoms with Crippen LogP contribution in [0.2, 0.25) is 0 Å². The first kappa shape index (κ1) is 13.3. The minimum absolute atomic E-state index is 0.0123. The molecule has 5 N–H and O–H groups in total. The van der Waals surface area contributed by atoms with Crippen molar-refractivity contribution >= 4 is 22.4 Å². The lowest BCUT2D eigenvalue weighted by molar-refractivity contribution is 0.0802. The second-order valence-corrected chi connectivity index (χ2v) is 4.33. The Morgan fingerprint density at radius 1 is 1.26 bits per heavy atom. The van der Waals surface area contributed by atoms with Crippen LogP contribution in [-0.4, -0.2) is 35.4 Å². The standard InChI is InChI=1S/C14H16N2O3/c15-13-6-10-4-2-1-3-9(10)5-12(13)14(19)16-7-11(18)8-17/h1-6,11,17-18H,7-8,15H2,(H,16,19). The number of amides is 1. The van der Waals surface area contributed by atoms with E-state index >= 15 is 0 Å². The van der Waals surface area contributed by atoms with E-state index in [1.54, 1.807) is 12.1 Å². The van der Waals surface area contributed by atoms with Crippen molar-refractivity contribution in [3.8, 4) is 0 Å². The minimum atomic E-state index is -0.967. The Kier molecular flexibility index (Phi) is 3.99. The highest BCUT2D eigenvalue weighted by atomic mass is 16.3. The number of hydrogen-bond donors (Lipinski definition) is 4. The molecule has 1 unspecified atom stereocenters. The summed E-state index contributed by atoms with van der Waals surface area (Å²) in [5.74, 6) is -0.365. The van der Waals surface area contributed by atoms with Gasteiger partial charge in [0.2, 0.25) is 0 Å². The molecule has 1 atom stereocenters. The molecule has 0 aromatic heterocycles. The minimum Gasteiger partial charge on any atom is -0.398 e. The Morgan fingerprint density at radius 2 is 1.89 bits per heavy atom. The number of nitrogens with one attached hydrogen (secondary N) is 1. The Hall–Kier alpha value is -2.11. The van der Waals surface area contributed by atoms with Gasteiger partial charge in [-0.1, -0.05) is 24.3 Å². The van der Waals surface area contributed by atoms with Crippen LogP contribution in [0.15, 0.2) is 36.4 Å². The first-order valence-corrected chi connectivity index (χ1v) is 5.97. The first-order valence-electron chi connectivity index (χ1n) is 5.97. The quantitative estimate of drug-likeness (QED) is 0.602. The lowest BCUT2D eigenvalue weighted by atomic mass is 10.0. The fraction of sp³-hybridized carbons (Fsp3) is 0.214. The van der Waals surface area contributed by atoms with Gasteiger partial charge in [-0.3, -0.25) is 4.79 Å². The number of fused-ring (bicyclic) bond motifs is 1. The highest BCUT2D eigenvalue weighted by Gasteiger charge is 2.12. The number of anilines is 1. The molecule has 5 heteroatoms. The monoisotopic (exact) mass is 260 g/mol. The zero-order chi connectivity index (χ0) is 13.8. The number of benzene rings is 2. The van der Waals surface area contributed by atoms with Crippen molar-refractivity contribution in [2.45, 2.75) is 6.10 Å². The normalized spacial score (nSPS) is 12.3. The van der Waals surface area contributed by atoms with Gasteiger partial charge in [0.1, 0.15) is 0 Å². The van der Waals surface area contributed by atoms with E-state index < -0.39 is 12.7 Å². The van der Waals surface area contributed by atoms with Gasteiger partial charge in [-0.15, -0.1) is 0 Å². The van der Waals surface area contributed by atoms with Gasteiger partial charge in [0.25, 0.3) is 5.91 Å². The molecular weight excluding hydrogens is 244 g/mol. The predicted octanol–water partition coefficient (Wildman–Crippen LogP) is 0.505. The number of aliphatic hydroxyl groups is 2. The molecular formula is C14H16N2O3. The Morgan fingerprint density at radius 3 is 2.53 bits per heavy atom. The number of carbonyl (C=O) groups is 1. The number of hydrogen-bond acceptors (Lipinski definition) is 4. The molecule has 0 fully saturated rings. The Bertz CT molecular complexity index is 598. The summed E-state index contributed by atoms with van der Waals surface area (Å²) < 4.78 is 0. The van der Waals surface area contributed by atoms with E-state index in [0.717, 1.165) is 10.8 Å². The molecule has 0 saturated heterocycles. The van der Waals surface area contributed by atoms with Crippen LogP contribution in [0.3, 0.4) is 0 Å². The lowest BCUT2D eigenvalue weighted by Crippen LogP contribution is -2.34. The third-order valence-electron chi connectivity index (χ3n) is 2.87. The number of nitrogens with two attached hydrogens (primary N) is 1. The van der Waals surface area contributed by atoms with Gasteiger partial charge >= 0.3 is 0 Å². The van der Waals surface area contributed by atoms with Gasteiger partial charge in [-0.05, 0) is 22.9 Å². The van der Waals surface area contributed by atoms with Gasteiger partial charge in [0.15, 0.2) is 0 Å². The zero-order valence-electron chi connectivity index (χ0n) is 10.3. The van der Waals surface area contributed by atoms with Gasteiger partial charge < -0.3 is 21.3 Å². The molecule has 2 rings (SSSR count). The smallest absolute Gasteiger partial charge is 0.253 e. The lowest BCUT2D eigenvalue weighted by Gasteiger charge is -2.11. The average molecular weight is 260 g/mol. The maximum atomic E-state index is 11.9. The highest BCUT2D eigenvalue weighted by molar-refractivity contribution is 6.03. The zero-order valence-corrected chi connectivity index (χ0v) is 10.3. The molecule has 2 aromatic carbocycles. The largest absolute Gasteiger partial charge is 0.398 e. The van der Waals surface area contributed by atoms with Crippen LogP contribution in [-0.2, 0) is 0 Å². The first-order chi connectivity index (χ1) is 9.11. The predicted molar refractivity (Wildman–Crippen MR) is 73.8 cm³/mol. The molecule has 0 aliphatic rings. The molecule has 0 bridgehead atoms. The summed E-state index contributed by atoms with van der Waals surface area (Å²) >= 11 is 0. The maximum Gasteiger partial charge on any atom is 0.253 e. The summed E-state index contributed by atoms with van der Waals surface area (Å²) in [7, 11) is 0. The van der Waals surface area contributed by atoms with Crippen molar-refractivity contribution in [1.82, 2.24) is 5.32 Å². The maximum absolute atomic E-state index is 11.9. The van der Waals surface area contributed by atoms with E-state index in [1.807, 2.05) is 24.3 Å². The van der Waals surface area contributed by atoms with E-state index in [4.69, 9.17) is 10.8 Å². The van der Waals surface area contributed by atoms with E-state index in [9.17, 15) is 9.90 Å². The molecule has 0 heterocycles. The van der Waals surface area contributed by atoms with E-state index in [1.165, 1.54) is 0 Å². The number of carbonyl (C=O) groups excluding carboxylic acids is 1. The second kappa shape index (κ2) is 5.69. The van der Waals surface area contributed by atoms with Crippen molar-refractivity contribution in [3.05, 3.63) is 42.0 Å². The molecule has 0 aliphatic heterocycles. The number of aliphatic hydroxyl groups excluding tert-OH is 2. The number of rotatable bonds is 4. The molecule has 0 saturated carbocycles. The van der Waals surface area contributed by atoms with Crippen LogP contribution >= 0.6 is 0 Å². The molecule has 0 radical (unpaired) electrons. The average Bonchev–Trinajstić information content (AvgIpc) is 2.43. The fourth-order valence-electron chi connectivity index (χ4n) is 1.82. The molecule has 100 valence electrons. The third-order valence-corrected chi connectivity index (χ3v) is 2.87. The van der Waals surface area contributed by atoms with Crippen molar-refractivity contribution < 1.29 is 15.0 Å². The van der Waals surface area contributed by atoms with Crippen molar-refractivity contribution in [2.75, 3.05) is 18.9 Å². The topological polar surface area (TPSA) is 95.6 Å². The molecule has 0 spiro atoms. The van der Waals surface area contributed by atoms with Crippen LogP contribution < -0.4 is 11.1 Å². The van der Waals surface area contributed by atoms with Crippen LogP contribution in [0.25, 0.3) is 10.8 Å². The Labute approximate surface area is 110 Å². The van der Waals surface area contributed by atoms with Crippen molar-refractivity contribution in [3.63, 3.8) is 0 Å². The van der Waals surface area contributed by atoms with Crippen molar-refractivity contribution in [2.24, 2.45) is 0 Å². The number of nitrogen functional groups attached to an aromatic ring is 1. The van der Waals surface area contributed by atoms with Crippen LogP contribution in [0.1, 0.15) is 10.4 Å². The van der Waals surface area contributed by atoms with E-state index in [0.29, 0.717) is 11.3 Å². The van der Waals surface area contributed by atoms with Crippen LogP contribution in [0.5, 0.6) is 0 Å². The van der Waals surface area contributed by atoms with Gasteiger partial charge in [-0.25, -0.2) is 0 Å².